The van der Waals surface area contributed by atoms with Crippen LogP contribution in [-0.2, 0) is 11.2 Å². The fraction of sp³-hybridized carbons (Fsp3) is 0.222. The number of amides is 2. The molecule has 4 heteroatoms. The minimum absolute atomic E-state index is 0.107. The third-order valence-corrected chi connectivity index (χ3v) is 3.97. The van der Waals surface area contributed by atoms with Crippen LogP contribution in [0.5, 0.6) is 0 Å². The first kappa shape index (κ1) is 14.3. The van der Waals surface area contributed by atoms with Gasteiger partial charge in [-0.25, -0.2) is 0 Å². The average molecular weight is 294 g/mol. The summed E-state index contributed by atoms with van der Waals surface area (Å²) in [6, 6.07) is 15.4. The van der Waals surface area contributed by atoms with E-state index in [4.69, 9.17) is 5.73 Å². The Balaban J connectivity index is 2.01. The van der Waals surface area contributed by atoms with Crippen LogP contribution in [0.4, 0.5) is 5.69 Å². The van der Waals surface area contributed by atoms with E-state index in [0.29, 0.717) is 18.5 Å². The van der Waals surface area contributed by atoms with Gasteiger partial charge in [-0.2, -0.15) is 0 Å². The number of nitrogens with two attached hydrogens (primary N) is 1. The molecule has 2 N–H and O–H groups in total. The highest BCUT2D eigenvalue weighted by atomic mass is 16.2. The van der Waals surface area contributed by atoms with Crippen LogP contribution in [0, 0.1) is 0 Å². The number of primary amides is 1. The predicted octanol–water partition coefficient (Wildman–Crippen LogP) is 2.50. The van der Waals surface area contributed by atoms with Crippen molar-refractivity contribution in [1.82, 2.24) is 0 Å². The normalized spacial score (nSPS) is 14.4. The SMILES string of the molecule is NC(=O)c1ccc(Cc2ccccc2)c(N2CCCC2=O)c1. The fourth-order valence-corrected chi connectivity index (χ4v) is 2.84. The fourth-order valence-electron chi connectivity index (χ4n) is 2.84. The van der Waals surface area contributed by atoms with Crippen LogP contribution in [0.25, 0.3) is 0 Å². The van der Waals surface area contributed by atoms with Crippen LogP contribution in [0.2, 0.25) is 0 Å². The van der Waals surface area contributed by atoms with E-state index in [1.807, 2.05) is 24.3 Å². The molecule has 0 spiro atoms. The number of nitrogens with zero attached hydrogens (tertiary/aromatic N) is 1. The second-order valence-corrected chi connectivity index (χ2v) is 5.52. The van der Waals surface area contributed by atoms with Crippen molar-refractivity contribution in [3.8, 4) is 0 Å². The van der Waals surface area contributed by atoms with Gasteiger partial charge in [-0.3, -0.25) is 9.59 Å². The van der Waals surface area contributed by atoms with E-state index in [0.717, 1.165) is 24.1 Å². The van der Waals surface area contributed by atoms with E-state index < -0.39 is 5.91 Å². The summed E-state index contributed by atoms with van der Waals surface area (Å²) in [5.41, 5.74) is 8.82. The molecule has 0 saturated carbocycles. The van der Waals surface area contributed by atoms with Gasteiger partial charge < -0.3 is 10.6 Å². The lowest BCUT2D eigenvalue weighted by molar-refractivity contribution is -0.117. The summed E-state index contributed by atoms with van der Waals surface area (Å²) >= 11 is 0. The van der Waals surface area contributed by atoms with Crippen molar-refractivity contribution in [3.63, 3.8) is 0 Å². The van der Waals surface area contributed by atoms with Crippen molar-refractivity contribution in [1.29, 1.82) is 0 Å². The summed E-state index contributed by atoms with van der Waals surface area (Å²) in [4.78, 5) is 25.3. The smallest absolute Gasteiger partial charge is 0.248 e. The number of hydrogen-bond donors (Lipinski definition) is 1. The molecular formula is C18H18N2O2. The minimum atomic E-state index is -0.473. The van der Waals surface area contributed by atoms with Crippen molar-refractivity contribution in [2.45, 2.75) is 19.3 Å². The van der Waals surface area contributed by atoms with Crippen molar-refractivity contribution in [2.24, 2.45) is 5.73 Å². The van der Waals surface area contributed by atoms with Crippen LogP contribution < -0.4 is 10.6 Å². The summed E-state index contributed by atoms with van der Waals surface area (Å²) in [6.45, 7) is 0.697. The Kier molecular flexibility index (Phi) is 3.92. The monoisotopic (exact) mass is 294 g/mol. The van der Waals surface area contributed by atoms with Gasteiger partial charge in [0, 0.05) is 24.2 Å². The first-order valence-electron chi connectivity index (χ1n) is 7.42. The molecule has 1 fully saturated rings. The van der Waals surface area contributed by atoms with Gasteiger partial charge in [0.05, 0.1) is 0 Å². The molecule has 2 aromatic rings. The number of carbonyl (C=O) groups excluding carboxylic acids is 2. The van der Waals surface area contributed by atoms with E-state index in [2.05, 4.69) is 12.1 Å². The summed E-state index contributed by atoms with van der Waals surface area (Å²) in [5.74, 6) is -0.366. The highest BCUT2D eigenvalue weighted by molar-refractivity contribution is 5.99. The van der Waals surface area contributed by atoms with Gasteiger partial charge in [0.1, 0.15) is 0 Å². The number of rotatable bonds is 4. The van der Waals surface area contributed by atoms with Crippen LogP contribution in [0.3, 0.4) is 0 Å². The standard InChI is InChI=1S/C18H18N2O2/c19-18(22)15-9-8-14(11-13-5-2-1-3-6-13)16(12-15)20-10-4-7-17(20)21/h1-3,5-6,8-9,12H,4,7,10-11H2,(H2,19,22). The highest BCUT2D eigenvalue weighted by Crippen LogP contribution is 2.28. The van der Waals surface area contributed by atoms with Gasteiger partial charge in [0.2, 0.25) is 11.8 Å². The topological polar surface area (TPSA) is 63.4 Å². The molecule has 0 aliphatic carbocycles. The zero-order chi connectivity index (χ0) is 15.5. The van der Waals surface area contributed by atoms with Crippen molar-refractivity contribution in [2.75, 3.05) is 11.4 Å². The maximum atomic E-state index is 12.1. The summed E-state index contributed by atoms with van der Waals surface area (Å²) in [7, 11) is 0. The molecule has 0 atom stereocenters. The van der Waals surface area contributed by atoms with E-state index in [1.165, 1.54) is 5.56 Å². The van der Waals surface area contributed by atoms with Gasteiger partial charge in [0.25, 0.3) is 0 Å². The van der Waals surface area contributed by atoms with Crippen LogP contribution in [0.15, 0.2) is 48.5 Å². The van der Waals surface area contributed by atoms with E-state index in [1.54, 1.807) is 17.0 Å². The number of hydrogen-bond acceptors (Lipinski definition) is 2. The van der Waals surface area contributed by atoms with Crippen molar-refractivity contribution < 1.29 is 9.59 Å². The lowest BCUT2D eigenvalue weighted by atomic mass is 10.0. The van der Waals surface area contributed by atoms with Crippen LogP contribution >= 0.6 is 0 Å². The maximum absolute atomic E-state index is 12.1. The largest absolute Gasteiger partial charge is 0.366 e. The molecule has 1 aliphatic heterocycles. The molecule has 4 nitrogen and oxygen atoms in total. The molecule has 2 amide bonds. The molecule has 1 aliphatic rings. The molecule has 3 rings (SSSR count). The quantitative estimate of drug-likeness (QED) is 0.941. The third kappa shape index (κ3) is 2.86. The van der Waals surface area contributed by atoms with E-state index >= 15 is 0 Å². The second-order valence-electron chi connectivity index (χ2n) is 5.52. The van der Waals surface area contributed by atoms with Crippen LogP contribution in [0.1, 0.15) is 34.3 Å². The zero-order valence-corrected chi connectivity index (χ0v) is 12.3. The zero-order valence-electron chi connectivity index (χ0n) is 12.3. The summed E-state index contributed by atoms with van der Waals surface area (Å²) in [5, 5.41) is 0. The predicted molar refractivity (Wildman–Crippen MR) is 85.8 cm³/mol. The third-order valence-electron chi connectivity index (χ3n) is 3.97. The molecular weight excluding hydrogens is 276 g/mol. The van der Waals surface area contributed by atoms with Gasteiger partial charge in [-0.05, 0) is 36.1 Å². The Hall–Kier alpha value is -2.62. The lowest BCUT2D eigenvalue weighted by Crippen LogP contribution is -2.25. The maximum Gasteiger partial charge on any atom is 0.248 e. The summed E-state index contributed by atoms with van der Waals surface area (Å²) in [6.07, 6.45) is 2.13. The first-order chi connectivity index (χ1) is 10.6. The number of benzene rings is 2. The molecule has 22 heavy (non-hydrogen) atoms. The minimum Gasteiger partial charge on any atom is -0.366 e. The Morgan fingerprint density at radius 1 is 1.14 bits per heavy atom. The van der Waals surface area contributed by atoms with Crippen molar-refractivity contribution >= 4 is 17.5 Å². The molecule has 0 aromatic heterocycles. The number of anilines is 1. The van der Waals surface area contributed by atoms with Gasteiger partial charge in [-0.15, -0.1) is 0 Å². The van der Waals surface area contributed by atoms with Gasteiger partial charge in [-0.1, -0.05) is 36.4 Å². The molecule has 0 unspecified atom stereocenters. The molecule has 0 radical (unpaired) electrons. The van der Waals surface area contributed by atoms with Crippen LogP contribution in [-0.4, -0.2) is 18.4 Å². The molecule has 1 saturated heterocycles. The molecule has 112 valence electrons. The lowest BCUT2D eigenvalue weighted by Gasteiger charge is -2.20. The number of carbonyl (C=O) groups is 2. The molecule has 1 heterocycles. The Labute approximate surface area is 129 Å². The first-order valence-corrected chi connectivity index (χ1v) is 7.42. The van der Waals surface area contributed by atoms with E-state index in [9.17, 15) is 9.59 Å². The molecule has 2 aromatic carbocycles. The molecule has 0 bridgehead atoms. The summed E-state index contributed by atoms with van der Waals surface area (Å²) < 4.78 is 0. The Bertz CT molecular complexity index is 710. The highest BCUT2D eigenvalue weighted by Gasteiger charge is 2.24. The Morgan fingerprint density at radius 3 is 2.55 bits per heavy atom. The van der Waals surface area contributed by atoms with Gasteiger partial charge >= 0.3 is 0 Å². The van der Waals surface area contributed by atoms with Crippen molar-refractivity contribution in [3.05, 3.63) is 65.2 Å². The second kappa shape index (κ2) is 6.02. The van der Waals surface area contributed by atoms with E-state index in [-0.39, 0.29) is 5.91 Å². The Morgan fingerprint density at radius 2 is 1.91 bits per heavy atom. The van der Waals surface area contributed by atoms with Gasteiger partial charge in [0.15, 0.2) is 0 Å². The average Bonchev–Trinajstić information content (AvgIpc) is 2.94.